The molecule has 0 radical (unpaired) electrons. The predicted molar refractivity (Wildman–Crippen MR) is 69.9 cm³/mol. The van der Waals surface area contributed by atoms with Crippen LogP contribution in [0.5, 0.6) is 0 Å². The molecule has 1 heterocycles. The second-order valence-electron chi connectivity index (χ2n) is 3.12. The highest BCUT2D eigenvalue weighted by Gasteiger charge is 2.11. The molecule has 0 N–H and O–H groups in total. The lowest BCUT2D eigenvalue weighted by molar-refractivity contribution is 0.117. The minimum atomic E-state index is -0.807. The fourth-order valence-corrected chi connectivity index (χ4v) is 1.80. The van der Waals surface area contributed by atoms with E-state index in [0.29, 0.717) is 4.32 Å². The summed E-state index contributed by atoms with van der Waals surface area (Å²) in [5, 5.41) is 4.16. The molecule has 0 saturated carbocycles. The summed E-state index contributed by atoms with van der Waals surface area (Å²) >= 11 is 5.80. The zero-order valence-corrected chi connectivity index (χ0v) is 11.1. The van der Waals surface area contributed by atoms with Gasteiger partial charge in [-0.2, -0.15) is 5.10 Å². The van der Waals surface area contributed by atoms with Crippen LogP contribution in [0.3, 0.4) is 0 Å². The Morgan fingerprint density at radius 3 is 2.94 bits per heavy atom. The third-order valence-corrected chi connectivity index (χ3v) is 2.59. The highest BCUT2D eigenvalue weighted by Crippen LogP contribution is 2.13. The van der Waals surface area contributed by atoms with Gasteiger partial charge < -0.3 is 8.92 Å². The molecule has 0 saturated heterocycles. The third-order valence-electron chi connectivity index (χ3n) is 1.68. The van der Waals surface area contributed by atoms with Crippen LogP contribution in [0.1, 0.15) is 11.4 Å². The molecule has 92 valence electrons. The van der Waals surface area contributed by atoms with Gasteiger partial charge in [-0.3, -0.25) is 0 Å². The van der Waals surface area contributed by atoms with Crippen LogP contribution in [-0.2, 0) is 8.92 Å². The first-order chi connectivity index (χ1) is 8.04. The van der Waals surface area contributed by atoms with Crippen LogP contribution in [0.4, 0.5) is 4.79 Å². The van der Waals surface area contributed by atoms with Gasteiger partial charge in [0, 0.05) is 5.69 Å². The van der Waals surface area contributed by atoms with E-state index in [1.807, 2.05) is 19.9 Å². The van der Waals surface area contributed by atoms with Crippen molar-refractivity contribution >= 4 is 34.7 Å². The first-order valence-corrected chi connectivity index (χ1v) is 5.89. The van der Waals surface area contributed by atoms with E-state index in [1.54, 1.807) is 0 Å². The molecule has 0 unspecified atom stereocenters. The Balaban J connectivity index is 2.47. The minimum Gasteiger partial charge on any atom is -0.429 e. The number of ether oxygens (including phenoxy) is 1. The molecule has 0 amide bonds. The molecule has 0 spiro atoms. The van der Waals surface area contributed by atoms with Crippen LogP contribution in [-0.4, -0.2) is 26.9 Å². The smallest absolute Gasteiger partial charge is 0.429 e. The van der Waals surface area contributed by atoms with Gasteiger partial charge in [-0.1, -0.05) is 12.7 Å². The molecule has 0 aliphatic rings. The number of hydrogen-bond donors (Lipinski definition) is 0. The van der Waals surface area contributed by atoms with Gasteiger partial charge in [0.05, 0.1) is 5.69 Å². The van der Waals surface area contributed by atoms with Crippen molar-refractivity contribution in [2.24, 2.45) is 0 Å². The molecule has 0 fully saturated rings. The minimum absolute atomic E-state index is 0.103. The van der Waals surface area contributed by atoms with Crippen LogP contribution in [0, 0.1) is 13.8 Å². The Labute approximate surface area is 109 Å². The number of thiocarbonyl (C=S) groups is 1. The second-order valence-corrected chi connectivity index (χ2v) is 4.49. The number of carbonyl (C=O) groups is 1. The molecule has 7 heteroatoms. The SMILES string of the molecule is C=CCOC(=O)OSC(=S)n1nc(C)cc1C. The fraction of sp³-hybridized carbons (Fsp3) is 0.300. The summed E-state index contributed by atoms with van der Waals surface area (Å²) in [4.78, 5) is 11.0. The van der Waals surface area contributed by atoms with Crippen molar-refractivity contribution < 1.29 is 13.7 Å². The Kier molecular flexibility index (Phi) is 5.17. The van der Waals surface area contributed by atoms with Crippen LogP contribution >= 0.6 is 24.3 Å². The second kappa shape index (κ2) is 6.41. The maximum absolute atomic E-state index is 11.0. The molecule has 0 bridgehead atoms. The van der Waals surface area contributed by atoms with Crippen LogP contribution in [0.2, 0.25) is 0 Å². The average molecular weight is 272 g/mol. The van der Waals surface area contributed by atoms with Crippen molar-refractivity contribution in [2.45, 2.75) is 13.8 Å². The Morgan fingerprint density at radius 1 is 1.71 bits per heavy atom. The molecule has 0 aliphatic heterocycles. The lowest BCUT2D eigenvalue weighted by Crippen LogP contribution is -2.12. The first-order valence-electron chi connectivity index (χ1n) is 4.74. The summed E-state index contributed by atoms with van der Waals surface area (Å²) in [6.07, 6.45) is 0.643. The Morgan fingerprint density at radius 2 is 2.41 bits per heavy atom. The molecule has 0 aromatic carbocycles. The lowest BCUT2D eigenvalue weighted by atomic mass is 10.4. The van der Waals surface area contributed by atoms with E-state index in [-0.39, 0.29) is 6.61 Å². The number of hydrogen-bond acceptors (Lipinski definition) is 6. The largest absolute Gasteiger partial charge is 0.521 e. The van der Waals surface area contributed by atoms with E-state index in [9.17, 15) is 4.79 Å². The zero-order chi connectivity index (χ0) is 12.8. The fourth-order valence-electron chi connectivity index (χ4n) is 1.07. The van der Waals surface area contributed by atoms with Gasteiger partial charge in [0.25, 0.3) is 0 Å². The topological polar surface area (TPSA) is 53.4 Å². The molecule has 1 aromatic rings. The van der Waals surface area contributed by atoms with E-state index in [2.05, 4.69) is 16.4 Å². The Bertz CT molecular complexity index is 443. The third kappa shape index (κ3) is 4.20. The number of rotatable bonds is 2. The molecule has 0 aliphatic carbocycles. The van der Waals surface area contributed by atoms with Gasteiger partial charge in [-0.25, -0.2) is 9.48 Å². The number of aryl methyl sites for hydroxylation is 2. The summed E-state index contributed by atoms with van der Waals surface area (Å²) < 4.78 is 11.2. The van der Waals surface area contributed by atoms with Gasteiger partial charge >= 0.3 is 6.16 Å². The lowest BCUT2D eigenvalue weighted by Gasteiger charge is -2.05. The van der Waals surface area contributed by atoms with Crippen LogP contribution in [0.25, 0.3) is 0 Å². The van der Waals surface area contributed by atoms with Crippen LogP contribution in [0.15, 0.2) is 18.7 Å². The summed E-state index contributed by atoms with van der Waals surface area (Å²) in [6.45, 7) is 7.23. The standard InChI is InChI=1S/C10H12N2O3S2/c1-4-5-14-10(13)15-17-9(16)12-8(3)6-7(2)11-12/h4,6H,1,5H2,2-3H3. The summed E-state index contributed by atoms with van der Waals surface area (Å²) in [7, 11) is 0. The van der Waals surface area contributed by atoms with Crippen molar-refractivity contribution in [1.82, 2.24) is 9.78 Å². The highest BCUT2D eigenvalue weighted by atomic mass is 32.2. The van der Waals surface area contributed by atoms with E-state index < -0.39 is 6.16 Å². The molecule has 1 aromatic heterocycles. The molecule has 5 nitrogen and oxygen atoms in total. The first kappa shape index (κ1) is 13.7. The normalized spacial score (nSPS) is 9.76. The van der Waals surface area contributed by atoms with Gasteiger partial charge in [-0.05, 0) is 32.1 Å². The van der Waals surface area contributed by atoms with E-state index in [0.717, 1.165) is 23.4 Å². The maximum atomic E-state index is 11.0. The summed E-state index contributed by atoms with van der Waals surface area (Å²) in [6, 6.07) is 1.88. The maximum Gasteiger partial charge on any atom is 0.521 e. The molecular weight excluding hydrogens is 260 g/mol. The highest BCUT2D eigenvalue weighted by molar-refractivity contribution is 8.20. The Hall–Kier alpha value is -1.34. The van der Waals surface area contributed by atoms with E-state index >= 15 is 0 Å². The number of aromatic nitrogens is 2. The quantitative estimate of drug-likeness (QED) is 0.357. The van der Waals surface area contributed by atoms with Gasteiger partial charge in [0.15, 0.2) is 0 Å². The van der Waals surface area contributed by atoms with E-state index in [4.69, 9.17) is 16.4 Å². The number of carbonyl (C=O) groups excluding carboxylic acids is 1. The average Bonchev–Trinajstić information content (AvgIpc) is 2.62. The number of nitrogens with zero attached hydrogens (tertiary/aromatic N) is 2. The summed E-state index contributed by atoms with van der Waals surface area (Å²) in [5.41, 5.74) is 1.72. The summed E-state index contributed by atoms with van der Waals surface area (Å²) in [5.74, 6) is 0. The monoisotopic (exact) mass is 272 g/mol. The van der Waals surface area contributed by atoms with Gasteiger partial charge in [-0.15, -0.1) is 0 Å². The van der Waals surface area contributed by atoms with Gasteiger partial charge in [0.2, 0.25) is 4.32 Å². The molecule has 1 rings (SSSR count). The van der Waals surface area contributed by atoms with Crippen molar-refractivity contribution in [1.29, 1.82) is 0 Å². The van der Waals surface area contributed by atoms with Crippen molar-refractivity contribution in [2.75, 3.05) is 6.61 Å². The predicted octanol–water partition coefficient (Wildman–Crippen LogP) is 2.62. The zero-order valence-electron chi connectivity index (χ0n) is 9.50. The molecule has 17 heavy (non-hydrogen) atoms. The molecule has 0 atom stereocenters. The molecular formula is C10H12N2O3S2. The van der Waals surface area contributed by atoms with Crippen LogP contribution < -0.4 is 0 Å². The van der Waals surface area contributed by atoms with Crippen molar-refractivity contribution in [3.63, 3.8) is 0 Å². The van der Waals surface area contributed by atoms with E-state index in [1.165, 1.54) is 10.8 Å². The van der Waals surface area contributed by atoms with Gasteiger partial charge in [0.1, 0.15) is 18.6 Å². The van der Waals surface area contributed by atoms with Crippen molar-refractivity contribution in [3.05, 3.63) is 30.1 Å². The van der Waals surface area contributed by atoms with Crippen molar-refractivity contribution in [3.8, 4) is 0 Å².